The summed E-state index contributed by atoms with van der Waals surface area (Å²) < 4.78 is 0. The number of aromatic carboxylic acids is 1. The van der Waals surface area contributed by atoms with E-state index in [1.165, 1.54) is 0 Å². The maximum absolute atomic E-state index is 11.4. The van der Waals surface area contributed by atoms with E-state index in [0.717, 1.165) is 25.1 Å². The van der Waals surface area contributed by atoms with E-state index in [1.54, 1.807) is 13.0 Å². The van der Waals surface area contributed by atoms with Crippen LogP contribution < -0.4 is 4.90 Å². The first kappa shape index (κ1) is 12.8. The van der Waals surface area contributed by atoms with E-state index >= 15 is 0 Å². The molecule has 0 aliphatic carbocycles. The summed E-state index contributed by atoms with van der Waals surface area (Å²) in [5.74, 6) is -0.463. The Bertz CT molecular complexity index is 474. The first-order chi connectivity index (χ1) is 8.54. The highest BCUT2D eigenvalue weighted by Crippen LogP contribution is 2.29. The van der Waals surface area contributed by atoms with Crippen molar-refractivity contribution < 1.29 is 15.0 Å². The van der Waals surface area contributed by atoms with Gasteiger partial charge in [0.15, 0.2) is 0 Å². The smallest absolute Gasteiger partial charge is 0.339 e. The van der Waals surface area contributed by atoms with Gasteiger partial charge in [0.05, 0.1) is 12.6 Å². The molecule has 0 spiro atoms. The van der Waals surface area contributed by atoms with Crippen LogP contribution in [0.25, 0.3) is 0 Å². The van der Waals surface area contributed by atoms with Crippen molar-refractivity contribution >= 4 is 11.8 Å². The maximum Gasteiger partial charge on any atom is 0.339 e. The zero-order valence-electron chi connectivity index (χ0n) is 10.7. The first-order valence-corrected chi connectivity index (χ1v) is 6.13. The van der Waals surface area contributed by atoms with E-state index < -0.39 is 5.97 Å². The summed E-state index contributed by atoms with van der Waals surface area (Å²) in [7, 11) is 0. The largest absolute Gasteiger partial charge is 0.478 e. The van der Waals surface area contributed by atoms with Crippen molar-refractivity contribution in [2.75, 3.05) is 18.1 Å². The molecule has 2 heterocycles. The van der Waals surface area contributed by atoms with Gasteiger partial charge in [0, 0.05) is 12.2 Å². The molecular formula is C13H18N2O3. The Hall–Kier alpha value is -1.62. The molecule has 18 heavy (non-hydrogen) atoms. The lowest BCUT2D eigenvalue weighted by atomic mass is 10.1. The fourth-order valence-electron chi connectivity index (χ4n) is 2.59. The van der Waals surface area contributed by atoms with Crippen molar-refractivity contribution in [3.63, 3.8) is 0 Å². The minimum absolute atomic E-state index is 0.0169. The van der Waals surface area contributed by atoms with Crippen LogP contribution >= 0.6 is 0 Å². The van der Waals surface area contributed by atoms with E-state index in [9.17, 15) is 15.0 Å². The molecule has 98 valence electrons. The number of hydrogen-bond acceptors (Lipinski definition) is 4. The van der Waals surface area contributed by atoms with Crippen molar-refractivity contribution in [2.24, 2.45) is 0 Å². The summed E-state index contributed by atoms with van der Waals surface area (Å²) in [4.78, 5) is 17.7. The minimum Gasteiger partial charge on any atom is -0.478 e. The SMILES string of the molecule is Cc1cc(C)c(C(=O)O)c(N2CCCC2CO)n1. The van der Waals surface area contributed by atoms with Crippen LogP contribution in [0.3, 0.4) is 0 Å². The average molecular weight is 250 g/mol. The molecule has 0 aromatic carbocycles. The van der Waals surface area contributed by atoms with Gasteiger partial charge in [0.1, 0.15) is 11.4 Å². The second-order valence-corrected chi connectivity index (χ2v) is 4.76. The van der Waals surface area contributed by atoms with Gasteiger partial charge in [-0.3, -0.25) is 0 Å². The average Bonchev–Trinajstić information content (AvgIpc) is 2.74. The van der Waals surface area contributed by atoms with E-state index in [2.05, 4.69) is 4.98 Å². The van der Waals surface area contributed by atoms with Crippen molar-refractivity contribution in [3.05, 3.63) is 22.9 Å². The Labute approximate surface area is 106 Å². The Morgan fingerprint density at radius 3 is 2.89 bits per heavy atom. The predicted molar refractivity (Wildman–Crippen MR) is 68.1 cm³/mol. The molecule has 0 bridgehead atoms. The van der Waals surface area contributed by atoms with E-state index in [4.69, 9.17) is 0 Å². The molecule has 5 heteroatoms. The number of anilines is 1. The molecule has 2 rings (SSSR count). The molecule has 2 N–H and O–H groups in total. The molecule has 0 radical (unpaired) electrons. The third kappa shape index (κ3) is 2.18. The molecule has 1 atom stereocenters. The summed E-state index contributed by atoms with van der Waals surface area (Å²) in [6.45, 7) is 4.42. The van der Waals surface area contributed by atoms with Crippen LogP contribution in [0.2, 0.25) is 0 Å². The van der Waals surface area contributed by atoms with Gasteiger partial charge in [-0.15, -0.1) is 0 Å². The minimum atomic E-state index is -0.960. The number of aryl methyl sites for hydroxylation is 2. The summed E-state index contributed by atoms with van der Waals surface area (Å²) in [6, 6.07) is 1.76. The second kappa shape index (κ2) is 4.94. The standard InChI is InChI=1S/C13H18N2O3/c1-8-6-9(2)14-12(11(8)13(17)18)15-5-3-4-10(15)7-16/h6,10,16H,3-5,7H2,1-2H3,(H,17,18). The van der Waals surface area contributed by atoms with E-state index in [1.807, 2.05) is 11.8 Å². The number of hydrogen-bond donors (Lipinski definition) is 2. The highest BCUT2D eigenvalue weighted by molar-refractivity contribution is 5.95. The summed E-state index contributed by atoms with van der Waals surface area (Å²) in [6.07, 6.45) is 1.84. The molecule has 5 nitrogen and oxygen atoms in total. The zero-order valence-corrected chi connectivity index (χ0v) is 10.7. The van der Waals surface area contributed by atoms with Crippen LogP contribution in [0.15, 0.2) is 6.07 Å². The summed E-state index contributed by atoms with van der Waals surface area (Å²) in [5, 5.41) is 18.7. The van der Waals surface area contributed by atoms with Crippen LogP contribution in [0, 0.1) is 13.8 Å². The fourth-order valence-corrected chi connectivity index (χ4v) is 2.59. The van der Waals surface area contributed by atoms with Gasteiger partial charge >= 0.3 is 5.97 Å². The summed E-state index contributed by atoms with van der Waals surface area (Å²) in [5.41, 5.74) is 1.77. The van der Waals surface area contributed by atoms with Gasteiger partial charge < -0.3 is 15.1 Å². The van der Waals surface area contributed by atoms with Crippen LogP contribution in [0.5, 0.6) is 0 Å². The number of carboxylic acids is 1. The lowest BCUT2D eigenvalue weighted by Crippen LogP contribution is -2.34. The number of pyridine rings is 1. The third-order valence-electron chi connectivity index (χ3n) is 3.40. The molecule has 1 aliphatic heterocycles. The quantitative estimate of drug-likeness (QED) is 0.847. The van der Waals surface area contributed by atoms with Gasteiger partial charge in [0.25, 0.3) is 0 Å². The number of aliphatic hydroxyl groups is 1. The molecule has 1 unspecified atom stereocenters. The van der Waals surface area contributed by atoms with Crippen LogP contribution in [0.4, 0.5) is 5.82 Å². The van der Waals surface area contributed by atoms with Crippen molar-refractivity contribution in [2.45, 2.75) is 32.7 Å². The van der Waals surface area contributed by atoms with Crippen molar-refractivity contribution in [3.8, 4) is 0 Å². The zero-order chi connectivity index (χ0) is 13.3. The Balaban J connectivity index is 2.51. The highest BCUT2D eigenvalue weighted by atomic mass is 16.4. The molecule has 0 amide bonds. The Kier molecular flexibility index (Phi) is 3.52. The van der Waals surface area contributed by atoms with Gasteiger partial charge in [-0.2, -0.15) is 0 Å². The predicted octanol–water partition coefficient (Wildman–Crippen LogP) is 1.36. The second-order valence-electron chi connectivity index (χ2n) is 4.76. The molecule has 1 saturated heterocycles. The fraction of sp³-hybridized carbons (Fsp3) is 0.538. The first-order valence-electron chi connectivity index (χ1n) is 6.13. The number of nitrogens with zero attached hydrogens (tertiary/aromatic N) is 2. The number of aromatic nitrogens is 1. The monoisotopic (exact) mass is 250 g/mol. The molecule has 1 fully saturated rings. The Morgan fingerprint density at radius 2 is 2.28 bits per heavy atom. The number of carbonyl (C=O) groups is 1. The molecule has 1 aliphatic rings. The van der Waals surface area contributed by atoms with Crippen LogP contribution in [-0.4, -0.2) is 40.4 Å². The lowest BCUT2D eigenvalue weighted by Gasteiger charge is -2.26. The van der Waals surface area contributed by atoms with Gasteiger partial charge in [-0.1, -0.05) is 0 Å². The van der Waals surface area contributed by atoms with Crippen molar-refractivity contribution in [1.82, 2.24) is 4.98 Å². The third-order valence-corrected chi connectivity index (χ3v) is 3.40. The van der Waals surface area contributed by atoms with Gasteiger partial charge in [-0.25, -0.2) is 9.78 Å². The Morgan fingerprint density at radius 1 is 1.56 bits per heavy atom. The van der Waals surface area contributed by atoms with Crippen LogP contribution in [0.1, 0.15) is 34.5 Å². The molecule has 1 aromatic heterocycles. The molecule has 0 saturated carbocycles. The van der Waals surface area contributed by atoms with E-state index in [-0.39, 0.29) is 18.2 Å². The van der Waals surface area contributed by atoms with Gasteiger partial charge in [-0.05, 0) is 38.3 Å². The highest BCUT2D eigenvalue weighted by Gasteiger charge is 2.29. The normalized spacial score (nSPS) is 19.3. The van der Waals surface area contributed by atoms with E-state index in [0.29, 0.717) is 11.4 Å². The van der Waals surface area contributed by atoms with Crippen LogP contribution in [-0.2, 0) is 0 Å². The van der Waals surface area contributed by atoms with Gasteiger partial charge in [0.2, 0.25) is 0 Å². The summed E-state index contributed by atoms with van der Waals surface area (Å²) >= 11 is 0. The molecule has 1 aromatic rings. The maximum atomic E-state index is 11.4. The number of aliphatic hydroxyl groups excluding tert-OH is 1. The molecular weight excluding hydrogens is 232 g/mol. The van der Waals surface area contributed by atoms with Crippen molar-refractivity contribution in [1.29, 1.82) is 0 Å². The topological polar surface area (TPSA) is 73.7 Å². The number of rotatable bonds is 3. The lowest BCUT2D eigenvalue weighted by molar-refractivity contribution is 0.0696. The number of carboxylic acid groups (broad SMARTS) is 1.